The van der Waals surface area contributed by atoms with Gasteiger partial charge in [0.05, 0.1) is 5.70 Å². The second-order valence-electron chi connectivity index (χ2n) is 2.86. The molecule has 1 aliphatic rings. The van der Waals surface area contributed by atoms with Gasteiger partial charge in [-0.1, -0.05) is 19.1 Å². The Morgan fingerprint density at radius 2 is 2.31 bits per heavy atom. The van der Waals surface area contributed by atoms with Crippen LogP contribution in [-0.2, 0) is 0 Å². The van der Waals surface area contributed by atoms with E-state index in [9.17, 15) is 0 Å². The van der Waals surface area contributed by atoms with Crippen LogP contribution < -0.4 is 10.3 Å². The molecular formula is C10H16N2S. The standard InChI is InChI=1S/C10H16N2S/c1-4-6-8(3)10-9(7-5-2)13-12-11-10/h5-7,11-12H,4H2,1-3H3/b7-5-,8-6-. The van der Waals surface area contributed by atoms with Crippen molar-refractivity contribution in [2.75, 3.05) is 0 Å². The summed E-state index contributed by atoms with van der Waals surface area (Å²) in [5.74, 6) is 0. The summed E-state index contributed by atoms with van der Waals surface area (Å²) < 4.78 is 0. The van der Waals surface area contributed by atoms with Crippen molar-refractivity contribution in [2.24, 2.45) is 0 Å². The van der Waals surface area contributed by atoms with Gasteiger partial charge < -0.3 is 5.43 Å². The maximum Gasteiger partial charge on any atom is 0.0672 e. The van der Waals surface area contributed by atoms with Crippen molar-refractivity contribution in [1.29, 1.82) is 0 Å². The summed E-state index contributed by atoms with van der Waals surface area (Å²) in [4.78, 5) is 4.30. The number of hydrogen-bond donors (Lipinski definition) is 2. The lowest BCUT2D eigenvalue weighted by atomic mass is 10.2. The Bertz CT molecular complexity index is 264. The fourth-order valence-electron chi connectivity index (χ4n) is 1.21. The maximum atomic E-state index is 3.15. The third-order valence-corrected chi connectivity index (χ3v) is 2.57. The van der Waals surface area contributed by atoms with Crippen LogP contribution in [0, 0.1) is 0 Å². The van der Waals surface area contributed by atoms with Gasteiger partial charge in [-0.25, -0.2) is 0 Å². The lowest BCUT2D eigenvalue weighted by molar-refractivity contribution is 0.837. The van der Waals surface area contributed by atoms with Crippen LogP contribution in [0.4, 0.5) is 0 Å². The van der Waals surface area contributed by atoms with Crippen LogP contribution in [0.5, 0.6) is 0 Å². The number of allylic oxidation sites excluding steroid dienone is 4. The van der Waals surface area contributed by atoms with Crippen LogP contribution >= 0.6 is 11.9 Å². The Labute approximate surface area is 84.3 Å². The van der Waals surface area contributed by atoms with Gasteiger partial charge >= 0.3 is 0 Å². The molecule has 0 bridgehead atoms. The molecule has 0 amide bonds. The van der Waals surface area contributed by atoms with E-state index in [1.807, 2.05) is 6.92 Å². The summed E-state index contributed by atoms with van der Waals surface area (Å²) in [5, 5.41) is 0. The molecule has 0 saturated heterocycles. The second kappa shape index (κ2) is 5.14. The first kappa shape index (κ1) is 10.4. The molecule has 0 aromatic rings. The predicted molar refractivity (Wildman–Crippen MR) is 59.8 cm³/mol. The van der Waals surface area contributed by atoms with Crippen molar-refractivity contribution in [2.45, 2.75) is 27.2 Å². The zero-order chi connectivity index (χ0) is 9.68. The summed E-state index contributed by atoms with van der Waals surface area (Å²) in [6.45, 7) is 6.31. The van der Waals surface area contributed by atoms with E-state index in [1.54, 1.807) is 11.9 Å². The Hall–Kier alpha value is -0.670. The average Bonchev–Trinajstić information content (AvgIpc) is 2.54. The predicted octanol–water partition coefficient (Wildman–Crippen LogP) is 2.89. The van der Waals surface area contributed by atoms with Crippen LogP contribution in [0.2, 0.25) is 0 Å². The minimum absolute atomic E-state index is 1.07. The minimum Gasteiger partial charge on any atom is -0.310 e. The van der Waals surface area contributed by atoms with E-state index < -0.39 is 0 Å². The van der Waals surface area contributed by atoms with Gasteiger partial charge in [0.15, 0.2) is 0 Å². The van der Waals surface area contributed by atoms with Crippen molar-refractivity contribution in [3.63, 3.8) is 0 Å². The van der Waals surface area contributed by atoms with Crippen LogP contribution in [0.15, 0.2) is 34.4 Å². The van der Waals surface area contributed by atoms with Gasteiger partial charge in [0.25, 0.3) is 0 Å². The van der Waals surface area contributed by atoms with E-state index in [0.29, 0.717) is 0 Å². The lowest BCUT2D eigenvalue weighted by Gasteiger charge is -2.03. The van der Waals surface area contributed by atoms with E-state index in [-0.39, 0.29) is 0 Å². The highest BCUT2D eigenvalue weighted by Gasteiger charge is 2.12. The molecule has 0 aromatic carbocycles. The minimum atomic E-state index is 1.07. The fourth-order valence-corrected chi connectivity index (χ4v) is 2.00. The molecule has 2 nitrogen and oxygen atoms in total. The maximum absolute atomic E-state index is 3.15. The van der Waals surface area contributed by atoms with Crippen molar-refractivity contribution < 1.29 is 0 Å². The Balaban J connectivity index is 2.86. The Kier molecular flexibility index (Phi) is 4.12. The van der Waals surface area contributed by atoms with E-state index in [4.69, 9.17) is 0 Å². The molecule has 0 fully saturated rings. The first-order chi connectivity index (χ1) is 6.29. The van der Waals surface area contributed by atoms with Gasteiger partial charge in [-0.15, -0.1) is 0 Å². The molecule has 1 aliphatic heterocycles. The van der Waals surface area contributed by atoms with Gasteiger partial charge in [0.2, 0.25) is 0 Å². The highest BCUT2D eigenvalue weighted by atomic mass is 32.2. The summed E-state index contributed by atoms with van der Waals surface area (Å²) in [7, 11) is 0. The van der Waals surface area contributed by atoms with E-state index in [1.165, 1.54) is 16.2 Å². The SMILES string of the molecule is C/C=C\C1=C(C(/C)=C\CC)NNS1. The Morgan fingerprint density at radius 1 is 1.54 bits per heavy atom. The van der Waals surface area contributed by atoms with Gasteiger partial charge in [0, 0.05) is 4.91 Å². The summed E-state index contributed by atoms with van der Waals surface area (Å²) in [5.41, 5.74) is 5.65. The van der Waals surface area contributed by atoms with E-state index in [0.717, 1.165) is 6.42 Å². The van der Waals surface area contributed by atoms with Crippen LogP contribution in [0.25, 0.3) is 0 Å². The summed E-state index contributed by atoms with van der Waals surface area (Å²) >= 11 is 1.62. The van der Waals surface area contributed by atoms with Gasteiger partial charge in [0.1, 0.15) is 0 Å². The average molecular weight is 196 g/mol. The molecule has 0 unspecified atom stereocenters. The highest BCUT2D eigenvalue weighted by Crippen LogP contribution is 2.26. The Morgan fingerprint density at radius 3 is 2.92 bits per heavy atom. The molecular weight excluding hydrogens is 180 g/mol. The van der Waals surface area contributed by atoms with E-state index >= 15 is 0 Å². The van der Waals surface area contributed by atoms with Crippen molar-refractivity contribution in [3.8, 4) is 0 Å². The third-order valence-electron chi connectivity index (χ3n) is 1.81. The molecule has 1 rings (SSSR count). The van der Waals surface area contributed by atoms with Crippen molar-refractivity contribution >= 4 is 11.9 Å². The smallest absolute Gasteiger partial charge is 0.0672 e. The number of rotatable bonds is 3. The van der Waals surface area contributed by atoms with E-state index in [2.05, 4.69) is 42.3 Å². The molecule has 13 heavy (non-hydrogen) atoms. The zero-order valence-electron chi connectivity index (χ0n) is 8.35. The molecule has 0 radical (unpaired) electrons. The van der Waals surface area contributed by atoms with Crippen molar-refractivity contribution in [3.05, 3.63) is 34.4 Å². The zero-order valence-corrected chi connectivity index (χ0v) is 9.16. The molecule has 2 N–H and O–H groups in total. The molecule has 1 heterocycles. The number of hydrogen-bond acceptors (Lipinski definition) is 3. The molecule has 3 heteroatoms. The molecule has 0 atom stereocenters. The normalized spacial score (nSPS) is 18.5. The van der Waals surface area contributed by atoms with Crippen LogP contribution in [0.1, 0.15) is 27.2 Å². The molecule has 0 saturated carbocycles. The summed E-state index contributed by atoms with van der Waals surface area (Å²) in [6.07, 6.45) is 7.46. The monoisotopic (exact) mass is 196 g/mol. The fraction of sp³-hybridized carbons (Fsp3) is 0.400. The summed E-state index contributed by atoms with van der Waals surface area (Å²) in [6, 6.07) is 0. The van der Waals surface area contributed by atoms with Gasteiger partial charge in [-0.2, -0.15) is 4.83 Å². The first-order valence-electron chi connectivity index (χ1n) is 4.51. The molecule has 72 valence electrons. The second-order valence-corrected chi connectivity index (χ2v) is 3.71. The van der Waals surface area contributed by atoms with Crippen LogP contribution in [-0.4, -0.2) is 0 Å². The quantitative estimate of drug-likeness (QED) is 0.679. The van der Waals surface area contributed by atoms with Gasteiger partial charge in [-0.3, -0.25) is 0 Å². The molecule has 0 spiro atoms. The topological polar surface area (TPSA) is 24.1 Å². The number of hydrazine groups is 1. The van der Waals surface area contributed by atoms with Gasteiger partial charge in [-0.05, 0) is 43.9 Å². The van der Waals surface area contributed by atoms with Crippen molar-refractivity contribution in [1.82, 2.24) is 10.3 Å². The van der Waals surface area contributed by atoms with Crippen LogP contribution in [0.3, 0.4) is 0 Å². The molecule has 0 aliphatic carbocycles. The lowest BCUT2D eigenvalue weighted by Crippen LogP contribution is -2.19. The molecule has 0 aromatic heterocycles. The first-order valence-corrected chi connectivity index (χ1v) is 5.33. The third kappa shape index (κ3) is 2.64. The number of nitrogens with one attached hydrogen (secondary N) is 2. The highest BCUT2D eigenvalue weighted by molar-refractivity contribution is 8.01. The largest absolute Gasteiger partial charge is 0.310 e.